The van der Waals surface area contributed by atoms with E-state index in [1.165, 1.54) is 11.8 Å². The Hall–Kier alpha value is -2.84. The van der Waals surface area contributed by atoms with E-state index >= 15 is 0 Å². The Labute approximate surface area is 177 Å². The van der Waals surface area contributed by atoms with Crippen LogP contribution in [-0.2, 0) is 23.1 Å². The zero-order chi connectivity index (χ0) is 20.6. The summed E-state index contributed by atoms with van der Waals surface area (Å²) in [5.74, 6) is 0.579. The summed E-state index contributed by atoms with van der Waals surface area (Å²) in [4.78, 5) is 24.2. The van der Waals surface area contributed by atoms with Crippen molar-refractivity contribution in [1.82, 2.24) is 14.8 Å². The van der Waals surface area contributed by atoms with Crippen LogP contribution < -0.4 is 10.6 Å². The van der Waals surface area contributed by atoms with E-state index < -0.39 is 0 Å². The number of rotatable bonds is 8. The molecule has 3 aromatic rings. The van der Waals surface area contributed by atoms with Crippen LogP contribution >= 0.6 is 23.4 Å². The second-order valence-corrected chi connectivity index (χ2v) is 7.54. The van der Waals surface area contributed by atoms with Crippen LogP contribution in [0.1, 0.15) is 12.2 Å². The van der Waals surface area contributed by atoms with E-state index in [1.807, 2.05) is 37.4 Å². The number of aryl methyl sites for hydroxylation is 1. The van der Waals surface area contributed by atoms with E-state index in [0.29, 0.717) is 34.5 Å². The molecule has 0 aliphatic rings. The molecule has 29 heavy (non-hydrogen) atoms. The number of anilines is 2. The summed E-state index contributed by atoms with van der Waals surface area (Å²) >= 11 is 7.32. The molecule has 1 aromatic heterocycles. The fourth-order valence-electron chi connectivity index (χ4n) is 2.54. The molecule has 0 spiro atoms. The zero-order valence-corrected chi connectivity index (χ0v) is 17.3. The van der Waals surface area contributed by atoms with Crippen molar-refractivity contribution >= 4 is 46.6 Å². The van der Waals surface area contributed by atoms with Crippen molar-refractivity contribution in [2.75, 3.05) is 16.4 Å². The Balaban J connectivity index is 1.48. The van der Waals surface area contributed by atoms with Gasteiger partial charge in [-0.25, -0.2) is 0 Å². The van der Waals surface area contributed by atoms with E-state index in [-0.39, 0.29) is 17.6 Å². The van der Waals surface area contributed by atoms with Crippen molar-refractivity contribution in [2.45, 2.75) is 18.0 Å². The lowest BCUT2D eigenvalue weighted by Gasteiger charge is -2.07. The van der Waals surface area contributed by atoms with Crippen LogP contribution in [0.3, 0.4) is 0 Å². The Morgan fingerprint density at radius 2 is 1.72 bits per heavy atom. The molecule has 2 amide bonds. The van der Waals surface area contributed by atoms with Gasteiger partial charge >= 0.3 is 0 Å². The van der Waals surface area contributed by atoms with Gasteiger partial charge in [-0.05, 0) is 24.3 Å². The van der Waals surface area contributed by atoms with Gasteiger partial charge in [-0.15, -0.1) is 10.2 Å². The van der Waals surface area contributed by atoms with Crippen LogP contribution in [0.5, 0.6) is 0 Å². The van der Waals surface area contributed by atoms with E-state index in [4.69, 9.17) is 11.6 Å². The molecule has 150 valence electrons. The van der Waals surface area contributed by atoms with Gasteiger partial charge in [0.2, 0.25) is 11.8 Å². The number of aromatic nitrogens is 3. The van der Waals surface area contributed by atoms with Crippen molar-refractivity contribution in [3.05, 3.63) is 65.4 Å². The third-order valence-corrected chi connectivity index (χ3v) is 5.39. The molecule has 3 rings (SSSR count). The van der Waals surface area contributed by atoms with Crippen molar-refractivity contribution in [1.29, 1.82) is 0 Å². The average Bonchev–Trinajstić information content (AvgIpc) is 3.07. The minimum absolute atomic E-state index is 0.0903. The number of para-hydroxylation sites is 2. The van der Waals surface area contributed by atoms with E-state index in [9.17, 15) is 9.59 Å². The molecule has 9 heteroatoms. The second-order valence-electron chi connectivity index (χ2n) is 6.19. The highest BCUT2D eigenvalue weighted by Gasteiger charge is 2.13. The quantitative estimate of drug-likeness (QED) is 0.532. The summed E-state index contributed by atoms with van der Waals surface area (Å²) in [7, 11) is 1.82. The first-order valence-corrected chi connectivity index (χ1v) is 10.3. The normalized spacial score (nSPS) is 10.6. The molecule has 0 bridgehead atoms. The van der Waals surface area contributed by atoms with Crippen LogP contribution in [0.2, 0.25) is 5.02 Å². The summed E-state index contributed by atoms with van der Waals surface area (Å²) < 4.78 is 1.79. The minimum atomic E-state index is -0.185. The van der Waals surface area contributed by atoms with Crippen molar-refractivity contribution in [2.24, 2.45) is 7.05 Å². The van der Waals surface area contributed by atoms with E-state index in [2.05, 4.69) is 20.8 Å². The van der Waals surface area contributed by atoms with Gasteiger partial charge in [-0.2, -0.15) is 0 Å². The summed E-state index contributed by atoms with van der Waals surface area (Å²) in [5.41, 5.74) is 1.33. The predicted molar refractivity (Wildman–Crippen MR) is 115 cm³/mol. The van der Waals surface area contributed by atoms with Gasteiger partial charge in [-0.1, -0.05) is 53.7 Å². The number of hydrogen-bond donors (Lipinski definition) is 2. The monoisotopic (exact) mass is 429 g/mol. The molecule has 2 N–H and O–H groups in total. The van der Waals surface area contributed by atoms with Crippen LogP contribution in [-0.4, -0.2) is 32.3 Å². The molecular weight excluding hydrogens is 410 g/mol. The number of hydrogen-bond acceptors (Lipinski definition) is 5. The molecule has 0 fully saturated rings. The van der Waals surface area contributed by atoms with Crippen LogP contribution in [0.15, 0.2) is 59.8 Å². The van der Waals surface area contributed by atoms with Gasteiger partial charge in [-0.3, -0.25) is 9.59 Å². The van der Waals surface area contributed by atoms with Gasteiger partial charge in [0.05, 0.1) is 16.5 Å². The smallest absolute Gasteiger partial charge is 0.234 e. The maximum atomic E-state index is 12.1. The fourth-order valence-corrected chi connectivity index (χ4v) is 3.45. The average molecular weight is 430 g/mol. The number of nitrogens with zero attached hydrogens (tertiary/aromatic N) is 3. The molecule has 0 saturated carbocycles. The lowest BCUT2D eigenvalue weighted by molar-refractivity contribution is -0.116. The van der Waals surface area contributed by atoms with Crippen LogP contribution in [0.25, 0.3) is 0 Å². The molecule has 0 aliphatic heterocycles. The summed E-state index contributed by atoms with van der Waals surface area (Å²) in [6, 6.07) is 16.4. The number of halogens is 1. The van der Waals surface area contributed by atoms with Gasteiger partial charge in [0.15, 0.2) is 5.16 Å². The first-order valence-electron chi connectivity index (χ1n) is 8.93. The lowest BCUT2D eigenvalue weighted by atomic mass is 10.2. The van der Waals surface area contributed by atoms with Crippen molar-refractivity contribution < 1.29 is 9.59 Å². The Morgan fingerprint density at radius 1 is 1.00 bits per heavy atom. The molecule has 0 unspecified atom stereocenters. The fraction of sp³-hybridized carbons (Fsp3) is 0.200. The van der Waals surface area contributed by atoms with Crippen molar-refractivity contribution in [3.8, 4) is 0 Å². The summed E-state index contributed by atoms with van der Waals surface area (Å²) in [5, 5.41) is 14.9. The van der Waals surface area contributed by atoms with Crippen LogP contribution in [0, 0.1) is 0 Å². The number of benzene rings is 2. The Morgan fingerprint density at radius 3 is 2.48 bits per heavy atom. The number of carbonyl (C=O) groups is 2. The molecule has 0 saturated heterocycles. The van der Waals surface area contributed by atoms with E-state index in [1.54, 1.807) is 28.8 Å². The van der Waals surface area contributed by atoms with Crippen molar-refractivity contribution in [3.63, 3.8) is 0 Å². The zero-order valence-electron chi connectivity index (χ0n) is 15.8. The number of thioether (sulfide) groups is 1. The van der Waals surface area contributed by atoms with Gasteiger partial charge < -0.3 is 15.2 Å². The first-order chi connectivity index (χ1) is 14.0. The first kappa shape index (κ1) is 20.9. The second kappa shape index (κ2) is 10.1. The maximum Gasteiger partial charge on any atom is 0.234 e. The van der Waals surface area contributed by atoms with Gasteiger partial charge in [0.25, 0.3) is 0 Å². The topological polar surface area (TPSA) is 88.9 Å². The highest BCUT2D eigenvalue weighted by atomic mass is 35.5. The van der Waals surface area contributed by atoms with Crippen LogP contribution in [0.4, 0.5) is 11.4 Å². The highest BCUT2D eigenvalue weighted by molar-refractivity contribution is 7.99. The maximum absolute atomic E-state index is 12.1. The predicted octanol–water partition coefficient (Wildman–Crippen LogP) is 3.77. The third kappa shape index (κ3) is 6.07. The number of amides is 2. The standard InChI is InChI=1S/C20H20ClN5O2S/c1-26-17(11-12-18(27)22-14-7-3-2-4-8-14)24-25-20(26)29-13-19(28)23-16-10-6-5-9-15(16)21/h2-10H,11-13H2,1H3,(H,22,27)(H,23,28). The molecule has 0 aliphatic carbocycles. The molecule has 0 atom stereocenters. The Bertz CT molecular complexity index is 994. The van der Waals surface area contributed by atoms with Gasteiger partial charge in [0, 0.05) is 25.6 Å². The number of carbonyl (C=O) groups excluding carboxylic acids is 2. The third-order valence-electron chi connectivity index (χ3n) is 4.04. The lowest BCUT2D eigenvalue weighted by Crippen LogP contribution is -2.15. The molecule has 7 nitrogen and oxygen atoms in total. The number of nitrogens with one attached hydrogen (secondary N) is 2. The van der Waals surface area contributed by atoms with Gasteiger partial charge in [0.1, 0.15) is 5.82 Å². The Kier molecular flexibility index (Phi) is 7.26. The molecular formula is C20H20ClN5O2S. The van der Waals surface area contributed by atoms with E-state index in [0.717, 1.165) is 5.69 Å². The summed E-state index contributed by atoms with van der Waals surface area (Å²) in [6.07, 6.45) is 0.743. The molecule has 2 aromatic carbocycles. The minimum Gasteiger partial charge on any atom is -0.326 e. The highest BCUT2D eigenvalue weighted by Crippen LogP contribution is 2.22. The molecule has 1 heterocycles. The SMILES string of the molecule is Cn1c(CCC(=O)Nc2ccccc2)nnc1SCC(=O)Nc1ccccc1Cl. The summed E-state index contributed by atoms with van der Waals surface area (Å²) in [6.45, 7) is 0. The largest absolute Gasteiger partial charge is 0.326 e. The molecule has 0 radical (unpaired) electrons.